The lowest BCUT2D eigenvalue weighted by atomic mass is 9.96. The molecule has 1 aliphatic heterocycles. The number of likely N-dealkylation sites (tertiary alicyclic amines) is 1. The summed E-state index contributed by atoms with van der Waals surface area (Å²) in [6.45, 7) is 4.84. The smallest absolute Gasteiger partial charge is 0.236 e. The average molecular weight is 230 g/mol. The van der Waals surface area contributed by atoms with Gasteiger partial charge in [0.1, 0.15) is 0 Å². The molecule has 0 saturated carbocycles. The molecule has 1 amide bonds. The van der Waals surface area contributed by atoms with Gasteiger partial charge in [-0.25, -0.2) is 0 Å². The fourth-order valence-electron chi connectivity index (χ4n) is 1.76. The summed E-state index contributed by atoms with van der Waals surface area (Å²) in [6.07, 6.45) is 0.502. The van der Waals surface area contributed by atoms with Crippen LogP contribution in [-0.4, -0.2) is 61.9 Å². The molecule has 2 unspecified atom stereocenters. The van der Waals surface area contributed by atoms with Gasteiger partial charge in [-0.15, -0.1) is 0 Å². The van der Waals surface area contributed by atoms with Gasteiger partial charge in [-0.1, -0.05) is 6.92 Å². The minimum Gasteiger partial charge on any atom is -0.391 e. The number of nitrogens with zero attached hydrogens (tertiary/aromatic N) is 1. The van der Waals surface area contributed by atoms with E-state index in [4.69, 9.17) is 4.74 Å². The summed E-state index contributed by atoms with van der Waals surface area (Å²) < 4.78 is 4.87. The van der Waals surface area contributed by atoms with Crippen molar-refractivity contribution in [2.75, 3.05) is 39.9 Å². The highest BCUT2D eigenvalue weighted by atomic mass is 16.5. The first-order valence-corrected chi connectivity index (χ1v) is 5.80. The molecule has 0 aliphatic carbocycles. The zero-order valence-electron chi connectivity index (χ0n) is 10.1. The summed E-state index contributed by atoms with van der Waals surface area (Å²) in [6, 6.07) is 0. The number of piperidine rings is 1. The molecule has 0 radical (unpaired) electrons. The molecule has 1 aliphatic rings. The molecule has 2 N–H and O–H groups in total. The van der Waals surface area contributed by atoms with E-state index in [1.165, 1.54) is 0 Å². The molecule has 2 atom stereocenters. The number of amides is 1. The van der Waals surface area contributed by atoms with Gasteiger partial charge >= 0.3 is 0 Å². The van der Waals surface area contributed by atoms with E-state index in [1.807, 2.05) is 6.92 Å². The number of aliphatic hydroxyl groups is 1. The van der Waals surface area contributed by atoms with Crippen LogP contribution >= 0.6 is 0 Å². The number of rotatable bonds is 5. The monoisotopic (exact) mass is 230 g/mol. The van der Waals surface area contributed by atoms with Crippen LogP contribution in [0.1, 0.15) is 13.3 Å². The van der Waals surface area contributed by atoms with Gasteiger partial charge in [0.25, 0.3) is 0 Å². The molecule has 0 aromatic carbocycles. The predicted octanol–water partition coefficient (Wildman–Crippen LogP) is -0.548. The minimum absolute atomic E-state index is 0.0575. The highest BCUT2D eigenvalue weighted by Crippen LogP contribution is 2.16. The summed E-state index contributed by atoms with van der Waals surface area (Å²) >= 11 is 0. The molecule has 1 fully saturated rings. The molecule has 16 heavy (non-hydrogen) atoms. The second-order valence-corrected chi connectivity index (χ2v) is 4.34. The van der Waals surface area contributed by atoms with Crippen molar-refractivity contribution in [3.8, 4) is 0 Å². The van der Waals surface area contributed by atoms with Gasteiger partial charge in [-0.2, -0.15) is 0 Å². The van der Waals surface area contributed by atoms with Crippen LogP contribution in [0.3, 0.4) is 0 Å². The van der Waals surface area contributed by atoms with Crippen LogP contribution < -0.4 is 5.32 Å². The van der Waals surface area contributed by atoms with Gasteiger partial charge in [0.2, 0.25) is 5.91 Å². The van der Waals surface area contributed by atoms with Crippen molar-refractivity contribution < 1.29 is 14.6 Å². The fourth-order valence-corrected chi connectivity index (χ4v) is 1.76. The normalized spacial score (nSPS) is 25.8. The van der Waals surface area contributed by atoms with Crippen molar-refractivity contribution in [1.82, 2.24) is 10.2 Å². The maximum atomic E-state index is 11.7. The minimum atomic E-state index is -0.378. The lowest BCUT2D eigenvalue weighted by Crippen LogP contribution is -2.48. The Morgan fingerprint density at radius 3 is 3.00 bits per heavy atom. The van der Waals surface area contributed by atoms with Crippen molar-refractivity contribution in [2.24, 2.45) is 5.92 Å². The SMILES string of the molecule is COCCNCC(=O)N1CCC(C)C(O)C1. The molecule has 0 aromatic rings. The highest BCUT2D eigenvalue weighted by Gasteiger charge is 2.26. The lowest BCUT2D eigenvalue weighted by Gasteiger charge is -2.34. The van der Waals surface area contributed by atoms with E-state index in [2.05, 4.69) is 5.32 Å². The molecular formula is C11H22N2O3. The largest absolute Gasteiger partial charge is 0.391 e. The molecule has 1 saturated heterocycles. The van der Waals surface area contributed by atoms with E-state index in [0.29, 0.717) is 32.2 Å². The topological polar surface area (TPSA) is 61.8 Å². The Morgan fingerprint density at radius 1 is 1.62 bits per heavy atom. The van der Waals surface area contributed by atoms with Crippen molar-refractivity contribution in [2.45, 2.75) is 19.4 Å². The van der Waals surface area contributed by atoms with Gasteiger partial charge in [0, 0.05) is 26.7 Å². The van der Waals surface area contributed by atoms with Gasteiger partial charge < -0.3 is 20.1 Å². The molecule has 0 spiro atoms. The Bertz CT molecular complexity index is 223. The molecular weight excluding hydrogens is 208 g/mol. The van der Waals surface area contributed by atoms with Crippen LogP contribution in [0.5, 0.6) is 0 Å². The number of hydrogen-bond donors (Lipinski definition) is 2. The van der Waals surface area contributed by atoms with Gasteiger partial charge in [-0.3, -0.25) is 4.79 Å². The van der Waals surface area contributed by atoms with Crippen molar-refractivity contribution in [3.05, 3.63) is 0 Å². The zero-order valence-corrected chi connectivity index (χ0v) is 10.1. The second kappa shape index (κ2) is 6.83. The summed E-state index contributed by atoms with van der Waals surface area (Å²) in [7, 11) is 1.63. The third kappa shape index (κ3) is 4.08. The Balaban J connectivity index is 2.21. The number of carbonyl (C=O) groups is 1. The number of β-amino-alcohol motifs (C(OH)–C–C–N with tert-alkyl or cyclic N) is 1. The van der Waals surface area contributed by atoms with Gasteiger partial charge in [-0.05, 0) is 12.3 Å². The molecule has 1 rings (SSSR count). The average Bonchev–Trinajstić information content (AvgIpc) is 2.28. The van der Waals surface area contributed by atoms with Crippen LogP contribution in [0.2, 0.25) is 0 Å². The van der Waals surface area contributed by atoms with Gasteiger partial charge in [0.15, 0.2) is 0 Å². The van der Waals surface area contributed by atoms with Crippen LogP contribution in [-0.2, 0) is 9.53 Å². The van der Waals surface area contributed by atoms with Crippen LogP contribution in [0.25, 0.3) is 0 Å². The summed E-state index contributed by atoms with van der Waals surface area (Å²) in [4.78, 5) is 13.5. The number of nitrogens with one attached hydrogen (secondary N) is 1. The van der Waals surface area contributed by atoms with E-state index in [1.54, 1.807) is 12.0 Å². The Morgan fingerprint density at radius 2 is 2.38 bits per heavy atom. The van der Waals surface area contributed by atoms with E-state index in [9.17, 15) is 9.90 Å². The molecule has 0 aromatic heterocycles. The molecule has 94 valence electrons. The van der Waals surface area contributed by atoms with E-state index >= 15 is 0 Å². The van der Waals surface area contributed by atoms with Crippen molar-refractivity contribution >= 4 is 5.91 Å². The first kappa shape index (κ1) is 13.4. The molecule has 5 heteroatoms. The predicted molar refractivity (Wildman–Crippen MR) is 61.1 cm³/mol. The number of hydrogen-bond acceptors (Lipinski definition) is 4. The molecule has 5 nitrogen and oxygen atoms in total. The number of methoxy groups -OCH3 is 1. The number of carbonyl (C=O) groups excluding carboxylic acids is 1. The van der Waals surface area contributed by atoms with Gasteiger partial charge in [0.05, 0.1) is 19.3 Å². The van der Waals surface area contributed by atoms with E-state index in [0.717, 1.165) is 13.0 Å². The first-order valence-electron chi connectivity index (χ1n) is 5.80. The summed E-state index contributed by atoms with van der Waals surface area (Å²) in [5, 5.41) is 12.7. The third-order valence-electron chi connectivity index (χ3n) is 3.03. The van der Waals surface area contributed by atoms with E-state index in [-0.39, 0.29) is 12.0 Å². The zero-order chi connectivity index (χ0) is 12.0. The second-order valence-electron chi connectivity index (χ2n) is 4.34. The van der Waals surface area contributed by atoms with E-state index < -0.39 is 0 Å². The number of aliphatic hydroxyl groups excluding tert-OH is 1. The Kier molecular flexibility index (Phi) is 5.73. The van der Waals surface area contributed by atoms with Crippen LogP contribution in [0.15, 0.2) is 0 Å². The number of ether oxygens (including phenoxy) is 1. The first-order chi connectivity index (χ1) is 7.65. The summed E-state index contributed by atoms with van der Waals surface area (Å²) in [5.41, 5.74) is 0. The summed E-state index contributed by atoms with van der Waals surface area (Å²) in [5.74, 6) is 0.354. The lowest BCUT2D eigenvalue weighted by molar-refractivity contribution is -0.134. The van der Waals surface area contributed by atoms with Crippen molar-refractivity contribution in [3.63, 3.8) is 0 Å². The van der Waals surface area contributed by atoms with Crippen molar-refractivity contribution in [1.29, 1.82) is 0 Å². The maximum Gasteiger partial charge on any atom is 0.236 e. The maximum absolute atomic E-state index is 11.7. The molecule has 0 bridgehead atoms. The standard InChI is InChI=1S/C11H22N2O3/c1-9-3-5-13(8-10(9)14)11(15)7-12-4-6-16-2/h9-10,12,14H,3-8H2,1-2H3. The van der Waals surface area contributed by atoms with Crippen LogP contribution in [0, 0.1) is 5.92 Å². The Labute approximate surface area is 96.8 Å². The third-order valence-corrected chi connectivity index (χ3v) is 3.03. The quantitative estimate of drug-likeness (QED) is 0.622. The Hall–Kier alpha value is -0.650. The molecule has 1 heterocycles. The van der Waals surface area contributed by atoms with Crippen LogP contribution in [0.4, 0.5) is 0 Å². The fraction of sp³-hybridized carbons (Fsp3) is 0.909. The highest BCUT2D eigenvalue weighted by molar-refractivity contribution is 5.78.